The van der Waals surface area contributed by atoms with Crippen LogP contribution < -0.4 is 0 Å². The summed E-state index contributed by atoms with van der Waals surface area (Å²) in [5.74, 6) is 0.123. The van der Waals surface area contributed by atoms with Gasteiger partial charge in [-0.2, -0.15) is 0 Å². The molecular weight excluding hydrogens is 178 g/mol. The monoisotopic (exact) mass is 191 g/mol. The van der Waals surface area contributed by atoms with Crippen molar-refractivity contribution in [2.45, 2.75) is 6.10 Å². The van der Waals surface area contributed by atoms with E-state index in [2.05, 4.69) is 0 Å². The molecule has 74 valence electrons. The second-order valence-electron chi connectivity index (χ2n) is 3.64. The maximum atomic E-state index is 11.6. The quantitative estimate of drug-likeness (QED) is 0.709. The van der Waals surface area contributed by atoms with Crippen LogP contribution in [0.15, 0.2) is 30.3 Å². The Balaban J connectivity index is 1.90. The van der Waals surface area contributed by atoms with Crippen LogP contribution in [0.4, 0.5) is 0 Å². The molecule has 1 aliphatic rings. The lowest BCUT2D eigenvalue weighted by Crippen LogP contribution is -2.52. The molecule has 3 nitrogen and oxygen atoms in total. The van der Waals surface area contributed by atoms with Crippen LogP contribution in [0.5, 0.6) is 0 Å². The molecule has 0 aliphatic carbocycles. The van der Waals surface area contributed by atoms with Crippen LogP contribution >= 0.6 is 0 Å². The maximum absolute atomic E-state index is 11.6. The van der Waals surface area contributed by atoms with Gasteiger partial charge in [0.25, 0.3) is 0 Å². The lowest BCUT2D eigenvalue weighted by Gasteiger charge is -2.35. The minimum atomic E-state index is -0.237. The summed E-state index contributed by atoms with van der Waals surface area (Å²) in [6, 6.07) is 9.25. The Morgan fingerprint density at radius 2 is 2.00 bits per heavy atom. The zero-order valence-electron chi connectivity index (χ0n) is 7.89. The van der Waals surface area contributed by atoms with Crippen LogP contribution in [0.25, 0.3) is 0 Å². The Morgan fingerprint density at radius 3 is 2.57 bits per heavy atom. The average Bonchev–Trinajstić information content (AvgIpc) is 2.17. The first-order chi connectivity index (χ1) is 6.75. The summed E-state index contributed by atoms with van der Waals surface area (Å²) in [7, 11) is 0. The molecule has 0 spiro atoms. The molecule has 0 atom stereocenters. The average molecular weight is 191 g/mol. The fourth-order valence-corrected chi connectivity index (χ4v) is 1.59. The normalized spacial score (nSPS) is 17.8. The molecule has 0 saturated carbocycles. The van der Waals surface area contributed by atoms with Gasteiger partial charge in [-0.25, -0.2) is 0 Å². The minimum absolute atomic E-state index is 0.123. The molecule has 3 heteroatoms. The molecule has 0 aromatic heterocycles. The lowest BCUT2D eigenvalue weighted by molar-refractivity contribution is 0.00515. The fraction of sp³-hybridized carbons (Fsp3) is 0.364. The predicted octanol–water partition coefficient (Wildman–Crippen LogP) is 0.546. The van der Waals surface area contributed by atoms with Crippen LogP contribution in [0, 0.1) is 0 Å². The molecule has 0 unspecified atom stereocenters. The SMILES string of the molecule is O=C(CN1CC(O)C1)c1ccccc1. The van der Waals surface area contributed by atoms with E-state index in [1.54, 1.807) is 0 Å². The molecule has 1 saturated heterocycles. The van der Waals surface area contributed by atoms with Gasteiger partial charge in [0, 0.05) is 18.7 Å². The van der Waals surface area contributed by atoms with Gasteiger partial charge in [-0.15, -0.1) is 0 Å². The molecule has 1 N–H and O–H groups in total. The van der Waals surface area contributed by atoms with E-state index < -0.39 is 0 Å². The number of Topliss-reactive ketones (excluding diaryl/α,β-unsaturated/α-hetero) is 1. The fourth-order valence-electron chi connectivity index (χ4n) is 1.59. The number of β-amino-alcohol motifs (C(OH)–C–C–N with tert-alkyl or cyclic N) is 1. The van der Waals surface area contributed by atoms with Crippen molar-refractivity contribution in [1.82, 2.24) is 4.90 Å². The summed E-state index contributed by atoms with van der Waals surface area (Å²) in [5.41, 5.74) is 0.744. The van der Waals surface area contributed by atoms with Gasteiger partial charge >= 0.3 is 0 Å². The number of carbonyl (C=O) groups excluding carboxylic acids is 1. The number of hydrogen-bond acceptors (Lipinski definition) is 3. The first-order valence-corrected chi connectivity index (χ1v) is 4.74. The number of benzene rings is 1. The summed E-state index contributed by atoms with van der Waals surface area (Å²) >= 11 is 0. The van der Waals surface area contributed by atoms with Crippen LogP contribution in [0.3, 0.4) is 0 Å². The van der Waals surface area contributed by atoms with E-state index >= 15 is 0 Å². The third-order valence-electron chi connectivity index (χ3n) is 2.40. The Kier molecular flexibility index (Phi) is 2.61. The van der Waals surface area contributed by atoms with Crippen LogP contribution in [0.1, 0.15) is 10.4 Å². The summed E-state index contributed by atoms with van der Waals surface area (Å²) in [5, 5.41) is 9.05. The number of likely N-dealkylation sites (tertiary alicyclic amines) is 1. The molecular formula is C11H13NO2. The van der Waals surface area contributed by atoms with Crippen molar-refractivity contribution >= 4 is 5.78 Å². The second-order valence-corrected chi connectivity index (χ2v) is 3.64. The third-order valence-corrected chi connectivity index (χ3v) is 2.40. The van der Waals surface area contributed by atoms with Crippen LogP contribution in [-0.2, 0) is 0 Å². The van der Waals surface area contributed by atoms with Crippen molar-refractivity contribution < 1.29 is 9.90 Å². The van der Waals surface area contributed by atoms with E-state index in [1.165, 1.54) is 0 Å². The number of aliphatic hydroxyl groups is 1. The highest BCUT2D eigenvalue weighted by Crippen LogP contribution is 2.09. The summed E-state index contributed by atoms with van der Waals surface area (Å²) in [6.45, 7) is 1.66. The lowest BCUT2D eigenvalue weighted by atomic mass is 10.1. The van der Waals surface area contributed by atoms with Gasteiger partial charge in [-0.3, -0.25) is 9.69 Å². The number of rotatable bonds is 3. The maximum Gasteiger partial charge on any atom is 0.176 e. The van der Waals surface area contributed by atoms with E-state index in [1.807, 2.05) is 35.2 Å². The van der Waals surface area contributed by atoms with Crippen molar-refractivity contribution in [3.8, 4) is 0 Å². The molecule has 1 aromatic rings. The second kappa shape index (κ2) is 3.90. The molecule has 2 rings (SSSR count). The molecule has 1 fully saturated rings. The van der Waals surface area contributed by atoms with Gasteiger partial charge in [-0.05, 0) is 0 Å². The zero-order chi connectivity index (χ0) is 9.97. The summed E-state index contributed by atoms with van der Waals surface area (Å²) < 4.78 is 0. The first kappa shape index (κ1) is 9.37. The predicted molar refractivity (Wildman–Crippen MR) is 53.2 cm³/mol. The highest BCUT2D eigenvalue weighted by molar-refractivity contribution is 5.97. The van der Waals surface area contributed by atoms with Gasteiger partial charge in [-0.1, -0.05) is 30.3 Å². The number of hydrogen-bond donors (Lipinski definition) is 1. The standard InChI is InChI=1S/C11H13NO2/c13-10-6-12(7-10)8-11(14)9-4-2-1-3-5-9/h1-5,10,13H,6-8H2. The first-order valence-electron chi connectivity index (χ1n) is 4.74. The number of aliphatic hydroxyl groups excluding tert-OH is 1. The van der Waals surface area contributed by atoms with Crippen molar-refractivity contribution in [1.29, 1.82) is 0 Å². The highest BCUT2D eigenvalue weighted by atomic mass is 16.3. The van der Waals surface area contributed by atoms with Gasteiger partial charge in [0.15, 0.2) is 5.78 Å². The van der Waals surface area contributed by atoms with E-state index in [4.69, 9.17) is 5.11 Å². The number of carbonyl (C=O) groups is 1. The van der Waals surface area contributed by atoms with Gasteiger partial charge in [0.05, 0.1) is 12.6 Å². The van der Waals surface area contributed by atoms with Gasteiger partial charge < -0.3 is 5.11 Å². The third kappa shape index (κ3) is 2.00. The van der Waals surface area contributed by atoms with E-state index in [9.17, 15) is 4.79 Å². The topological polar surface area (TPSA) is 40.5 Å². The van der Waals surface area contributed by atoms with E-state index in [0.717, 1.165) is 5.56 Å². The molecule has 0 radical (unpaired) electrons. The van der Waals surface area contributed by atoms with Crippen molar-refractivity contribution in [2.24, 2.45) is 0 Å². The number of nitrogens with zero attached hydrogens (tertiary/aromatic N) is 1. The molecule has 1 aliphatic heterocycles. The van der Waals surface area contributed by atoms with Crippen molar-refractivity contribution in [3.05, 3.63) is 35.9 Å². The van der Waals surface area contributed by atoms with Crippen LogP contribution in [-0.4, -0.2) is 41.5 Å². The smallest absolute Gasteiger partial charge is 0.176 e. The summed E-state index contributed by atoms with van der Waals surface area (Å²) in [6.07, 6.45) is -0.237. The Hall–Kier alpha value is -1.19. The molecule has 1 aromatic carbocycles. The Bertz CT molecular complexity index is 317. The van der Waals surface area contributed by atoms with E-state index in [-0.39, 0.29) is 11.9 Å². The van der Waals surface area contributed by atoms with Crippen molar-refractivity contribution in [2.75, 3.05) is 19.6 Å². The summed E-state index contributed by atoms with van der Waals surface area (Å²) in [4.78, 5) is 13.6. The minimum Gasteiger partial charge on any atom is -0.390 e. The Labute approximate surface area is 83.0 Å². The Morgan fingerprint density at radius 1 is 1.36 bits per heavy atom. The van der Waals surface area contributed by atoms with Gasteiger partial charge in [0.2, 0.25) is 0 Å². The molecule has 0 amide bonds. The zero-order valence-corrected chi connectivity index (χ0v) is 7.89. The largest absolute Gasteiger partial charge is 0.390 e. The van der Waals surface area contributed by atoms with Gasteiger partial charge in [0.1, 0.15) is 0 Å². The van der Waals surface area contributed by atoms with E-state index in [0.29, 0.717) is 19.6 Å². The van der Waals surface area contributed by atoms with Crippen LogP contribution in [0.2, 0.25) is 0 Å². The molecule has 0 bridgehead atoms. The van der Waals surface area contributed by atoms with Crippen molar-refractivity contribution in [3.63, 3.8) is 0 Å². The molecule has 1 heterocycles. The molecule has 14 heavy (non-hydrogen) atoms. The highest BCUT2D eigenvalue weighted by Gasteiger charge is 2.25. The number of ketones is 1.